The van der Waals surface area contributed by atoms with Gasteiger partial charge in [0, 0.05) is 12.2 Å². The van der Waals surface area contributed by atoms with E-state index in [2.05, 4.69) is 29.5 Å². The summed E-state index contributed by atoms with van der Waals surface area (Å²) in [6.45, 7) is 6.97. The standard InChI is InChI=1S/C15H20N4OS/c1-4-17-15-19-13(16)12(21-15)14(20)18-11-7-5-10(6-8-11)9(2)3/h5-9H,4,16H2,1-3H3,(H,17,19)(H,18,20). The molecule has 112 valence electrons. The van der Waals surface area contributed by atoms with E-state index in [0.29, 0.717) is 15.9 Å². The highest BCUT2D eigenvalue weighted by molar-refractivity contribution is 7.18. The molecule has 21 heavy (non-hydrogen) atoms. The summed E-state index contributed by atoms with van der Waals surface area (Å²) in [7, 11) is 0. The Hall–Kier alpha value is -2.08. The lowest BCUT2D eigenvalue weighted by molar-refractivity contribution is 0.103. The average molecular weight is 304 g/mol. The Labute approximate surface area is 128 Å². The predicted octanol–water partition coefficient (Wildman–Crippen LogP) is 3.53. The fraction of sp³-hybridized carbons (Fsp3) is 0.333. The first-order chi connectivity index (χ1) is 10.0. The normalized spacial score (nSPS) is 10.7. The second-order valence-electron chi connectivity index (χ2n) is 4.99. The number of carbonyl (C=O) groups is 1. The van der Waals surface area contributed by atoms with Crippen LogP contribution in [0, 0.1) is 0 Å². The van der Waals surface area contributed by atoms with Crippen LogP contribution in [0.15, 0.2) is 24.3 Å². The van der Waals surface area contributed by atoms with E-state index in [1.807, 2.05) is 31.2 Å². The third kappa shape index (κ3) is 3.72. The highest BCUT2D eigenvalue weighted by Gasteiger charge is 2.16. The maximum atomic E-state index is 12.2. The fourth-order valence-electron chi connectivity index (χ4n) is 1.86. The highest BCUT2D eigenvalue weighted by Crippen LogP contribution is 2.26. The molecule has 0 aliphatic carbocycles. The Balaban J connectivity index is 2.10. The molecule has 0 fully saturated rings. The minimum absolute atomic E-state index is 0.230. The third-order valence-electron chi connectivity index (χ3n) is 3.02. The van der Waals surface area contributed by atoms with Crippen molar-refractivity contribution in [3.8, 4) is 0 Å². The number of anilines is 3. The molecule has 5 nitrogen and oxygen atoms in total. The molecule has 0 aliphatic heterocycles. The van der Waals surface area contributed by atoms with Gasteiger partial charge < -0.3 is 16.4 Å². The summed E-state index contributed by atoms with van der Waals surface area (Å²) in [4.78, 5) is 16.8. The minimum Gasteiger partial charge on any atom is -0.382 e. The van der Waals surface area contributed by atoms with Crippen LogP contribution in [0.3, 0.4) is 0 Å². The second-order valence-corrected chi connectivity index (χ2v) is 5.99. The Morgan fingerprint density at radius 3 is 2.57 bits per heavy atom. The van der Waals surface area contributed by atoms with Crippen LogP contribution >= 0.6 is 11.3 Å². The zero-order valence-corrected chi connectivity index (χ0v) is 13.3. The van der Waals surface area contributed by atoms with Crippen LogP contribution in [-0.2, 0) is 0 Å². The van der Waals surface area contributed by atoms with Crippen molar-refractivity contribution in [3.63, 3.8) is 0 Å². The molecule has 0 atom stereocenters. The second kappa shape index (κ2) is 6.58. The first-order valence-electron chi connectivity index (χ1n) is 6.92. The van der Waals surface area contributed by atoms with Gasteiger partial charge in [-0.1, -0.05) is 37.3 Å². The summed E-state index contributed by atoms with van der Waals surface area (Å²) in [6, 6.07) is 7.83. The summed E-state index contributed by atoms with van der Waals surface area (Å²) in [6.07, 6.45) is 0. The van der Waals surface area contributed by atoms with Crippen molar-refractivity contribution in [2.75, 3.05) is 22.9 Å². The van der Waals surface area contributed by atoms with Crippen molar-refractivity contribution in [2.45, 2.75) is 26.7 Å². The van der Waals surface area contributed by atoms with Crippen molar-refractivity contribution < 1.29 is 4.79 Å². The quantitative estimate of drug-likeness (QED) is 0.789. The molecule has 1 amide bonds. The van der Waals surface area contributed by atoms with E-state index >= 15 is 0 Å². The minimum atomic E-state index is -0.230. The van der Waals surface area contributed by atoms with Crippen molar-refractivity contribution in [1.29, 1.82) is 0 Å². The number of hydrogen-bond acceptors (Lipinski definition) is 5. The van der Waals surface area contributed by atoms with Gasteiger partial charge in [0.1, 0.15) is 10.7 Å². The van der Waals surface area contributed by atoms with Crippen LogP contribution in [-0.4, -0.2) is 17.4 Å². The van der Waals surface area contributed by atoms with Gasteiger partial charge >= 0.3 is 0 Å². The number of nitrogens with two attached hydrogens (primary N) is 1. The first kappa shape index (κ1) is 15.3. The monoisotopic (exact) mass is 304 g/mol. The van der Waals surface area contributed by atoms with Gasteiger partial charge in [-0.25, -0.2) is 4.98 Å². The van der Waals surface area contributed by atoms with Gasteiger partial charge in [0.2, 0.25) is 0 Å². The predicted molar refractivity (Wildman–Crippen MR) is 89.2 cm³/mol. The average Bonchev–Trinajstić information content (AvgIpc) is 2.81. The first-order valence-corrected chi connectivity index (χ1v) is 7.74. The topological polar surface area (TPSA) is 80.0 Å². The number of amides is 1. The lowest BCUT2D eigenvalue weighted by Crippen LogP contribution is -2.12. The highest BCUT2D eigenvalue weighted by atomic mass is 32.1. The maximum absolute atomic E-state index is 12.2. The lowest BCUT2D eigenvalue weighted by atomic mass is 10.0. The van der Waals surface area contributed by atoms with E-state index in [1.54, 1.807) is 0 Å². The lowest BCUT2D eigenvalue weighted by Gasteiger charge is -2.07. The summed E-state index contributed by atoms with van der Waals surface area (Å²) in [5, 5.41) is 6.56. The molecule has 1 aromatic carbocycles. The molecule has 4 N–H and O–H groups in total. The van der Waals surface area contributed by atoms with Crippen LogP contribution in [0.4, 0.5) is 16.6 Å². The van der Waals surface area contributed by atoms with Crippen LogP contribution in [0.5, 0.6) is 0 Å². The van der Waals surface area contributed by atoms with Gasteiger partial charge in [0.25, 0.3) is 5.91 Å². The third-order valence-corrected chi connectivity index (χ3v) is 4.05. The molecular formula is C15H20N4OS. The number of carbonyl (C=O) groups excluding carboxylic acids is 1. The van der Waals surface area contributed by atoms with Gasteiger partial charge in [-0.2, -0.15) is 0 Å². The number of nitrogens with zero attached hydrogens (tertiary/aromatic N) is 1. The number of rotatable bonds is 5. The Kier molecular flexibility index (Phi) is 4.80. The Morgan fingerprint density at radius 2 is 2.00 bits per heavy atom. The van der Waals surface area contributed by atoms with E-state index in [-0.39, 0.29) is 11.7 Å². The number of hydrogen-bond donors (Lipinski definition) is 3. The Bertz CT molecular complexity index is 619. The van der Waals surface area contributed by atoms with E-state index in [0.717, 1.165) is 12.2 Å². The number of thiazole rings is 1. The molecule has 0 saturated heterocycles. The van der Waals surface area contributed by atoms with E-state index < -0.39 is 0 Å². The maximum Gasteiger partial charge on any atom is 0.269 e. The van der Waals surface area contributed by atoms with Crippen LogP contribution in [0.2, 0.25) is 0 Å². The smallest absolute Gasteiger partial charge is 0.269 e. The van der Waals surface area contributed by atoms with Crippen molar-refractivity contribution in [3.05, 3.63) is 34.7 Å². The van der Waals surface area contributed by atoms with Crippen LogP contribution in [0.1, 0.15) is 41.9 Å². The van der Waals surface area contributed by atoms with E-state index in [4.69, 9.17) is 5.73 Å². The molecular weight excluding hydrogens is 284 g/mol. The van der Waals surface area contributed by atoms with Gasteiger partial charge in [-0.15, -0.1) is 0 Å². The van der Waals surface area contributed by atoms with E-state index in [1.165, 1.54) is 16.9 Å². The number of benzene rings is 1. The molecule has 0 aliphatic rings. The molecule has 1 heterocycles. The van der Waals surface area contributed by atoms with Gasteiger partial charge in [-0.3, -0.25) is 4.79 Å². The van der Waals surface area contributed by atoms with Crippen LogP contribution < -0.4 is 16.4 Å². The molecule has 0 bridgehead atoms. The number of nitrogens with one attached hydrogen (secondary N) is 2. The van der Waals surface area contributed by atoms with Crippen LogP contribution in [0.25, 0.3) is 0 Å². The summed E-state index contributed by atoms with van der Waals surface area (Å²) < 4.78 is 0. The molecule has 0 spiro atoms. The number of aromatic nitrogens is 1. The zero-order valence-electron chi connectivity index (χ0n) is 12.4. The molecule has 0 radical (unpaired) electrons. The summed E-state index contributed by atoms with van der Waals surface area (Å²) in [5.41, 5.74) is 7.78. The SMILES string of the molecule is CCNc1nc(N)c(C(=O)Nc2ccc(C(C)C)cc2)s1. The largest absolute Gasteiger partial charge is 0.382 e. The molecule has 6 heteroatoms. The van der Waals surface area contributed by atoms with Gasteiger partial charge in [0.05, 0.1) is 0 Å². The number of nitrogen functional groups attached to an aromatic ring is 1. The summed E-state index contributed by atoms with van der Waals surface area (Å²) >= 11 is 1.26. The fourth-order valence-corrected chi connectivity index (χ4v) is 2.71. The molecule has 1 aromatic heterocycles. The van der Waals surface area contributed by atoms with Gasteiger partial charge in [0.15, 0.2) is 5.13 Å². The van der Waals surface area contributed by atoms with Crippen molar-refractivity contribution >= 4 is 33.9 Å². The van der Waals surface area contributed by atoms with Crippen molar-refractivity contribution in [1.82, 2.24) is 4.98 Å². The summed E-state index contributed by atoms with van der Waals surface area (Å²) in [5.74, 6) is 0.494. The molecule has 0 saturated carbocycles. The molecule has 2 aromatic rings. The zero-order chi connectivity index (χ0) is 15.4. The molecule has 0 unspecified atom stereocenters. The van der Waals surface area contributed by atoms with Gasteiger partial charge in [-0.05, 0) is 30.5 Å². The molecule has 2 rings (SSSR count). The Morgan fingerprint density at radius 1 is 1.33 bits per heavy atom. The van der Waals surface area contributed by atoms with Crippen molar-refractivity contribution in [2.24, 2.45) is 0 Å². The van der Waals surface area contributed by atoms with E-state index in [9.17, 15) is 4.79 Å².